The third-order valence-corrected chi connectivity index (χ3v) is 6.31. The lowest BCUT2D eigenvalue weighted by Crippen LogP contribution is -2.28. The molecule has 2 aromatic carbocycles. The Morgan fingerprint density at radius 1 is 1.20 bits per heavy atom. The van der Waals surface area contributed by atoms with E-state index in [4.69, 9.17) is 16.3 Å². The molecular weight excluding hydrogens is 472 g/mol. The molecule has 1 heterocycles. The number of aryl methyl sites for hydroxylation is 2. The first kappa shape index (κ1) is 22.3. The summed E-state index contributed by atoms with van der Waals surface area (Å²) < 4.78 is 5.89. The molecule has 0 bridgehead atoms. The minimum atomic E-state index is -0.602. The van der Waals surface area contributed by atoms with Gasteiger partial charge < -0.3 is 15.0 Å². The molecule has 3 rings (SSSR count). The summed E-state index contributed by atoms with van der Waals surface area (Å²) in [5.41, 5.74) is 4.11. The van der Waals surface area contributed by atoms with Gasteiger partial charge in [-0.05, 0) is 77.7 Å². The first-order chi connectivity index (χ1) is 14.2. The molecule has 0 aromatic heterocycles. The van der Waals surface area contributed by atoms with Gasteiger partial charge in [-0.15, -0.1) is 0 Å². The Labute approximate surface area is 188 Å². The van der Waals surface area contributed by atoms with Gasteiger partial charge in [-0.3, -0.25) is 14.4 Å². The maximum atomic E-state index is 12.4. The van der Waals surface area contributed by atoms with Crippen LogP contribution in [-0.4, -0.2) is 30.9 Å². The minimum absolute atomic E-state index is 0.0644. The molecule has 158 valence electrons. The lowest BCUT2D eigenvalue weighted by Gasteiger charge is -2.18. The molecule has 8 heteroatoms. The van der Waals surface area contributed by atoms with Crippen LogP contribution in [0.15, 0.2) is 34.8 Å². The van der Waals surface area contributed by atoms with E-state index < -0.39 is 24.4 Å². The highest BCUT2D eigenvalue weighted by atomic mass is 79.9. The number of carbonyl (C=O) groups excluding carboxylic acids is 3. The summed E-state index contributed by atoms with van der Waals surface area (Å²) in [7, 11) is 0. The predicted molar refractivity (Wildman–Crippen MR) is 120 cm³/mol. The number of amides is 2. The third kappa shape index (κ3) is 5.02. The van der Waals surface area contributed by atoms with E-state index in [1.54, 1.807) is 24.0 Å². The number of anilines is 2. The van der Waals surface area contributed by atoms with Gasteiger partial charge in [0.15, 0.2) is 6.61 Å². The van der Waals surface area contributed by atoms with Crippen LogP contribution in [-0.2, 0) is 19.1 Å². The maximum absolute atomic E-state index is 12.4. The van der Waals surface area contributed by atoms with Crippen molar-refractivity contribution in [3.63, 3.8) is 0 Å². The van der Waals surface area contributed by atoms with Gasteiger partial charge in [0.05, 0.1) is 10.9 Å². The second-order valence-corrected chi connectivity index (χ2v) is 8.67. The van der Waals surface area contributed by atoms with Crippen molar-refractivity contribution in [2.45, 2.75) is 27.2 Å². The molecule has 1 N–H and O–H groups in total. The van der Waals surface area contributed by atoms with Crippen LogP contribution >= 0.6 is 27.5 Å². The highest BCUT2D eigenvalue weighted by Crippen LogP contribution is 2.31. The molecule has 6 nitrogen and oxygen atoms in total. The highest BCUT2D eigenvalue weighted by Gasteiger charge is 2.36. The van der Waals surface area contributed by atoms with Crippen molar-refractivity contribution in [1.29, 1.82) is 0 Å². The van der Waals surface area contributed by atoms with Crippen LogP contribution in [0.2, 0.25) is 5.02 Å². The minimum Gasteiger partial charge on any atom is -0.455 e. The second-order valence-electron chi connectivity index (χ2n) is 7.44. The van der Waals surface area contributed by atoms with Gasteiger partial charge in [0.1, 0.15) is 0 Å². The van der Waals surface area contributed by atoms with Crippen LogP contribution < -0.4 is 10.2 Å². The molecule has 0 spiro atoms. The second kappa shape index (κ2) is 9.18. The largest absolute Gasteiger partial charge is 0.455 e. The molecule has 1 aliphatic heterocycles. The van der Waals surface area contributed by atoms with Crippen LogP contribution in [0.5, 0.6) is 0 Å². The number of esters is 1. The molecule has 0 unspecified atom stereocenters. The lowest BCUT2D eigenvalue weighted by molar-refractivity contribution is -0.151. The van der Waals surface area contributed by atoms with Crippen LogP contribution in [0.25, 0.3) is 0 Å². The van der Waals surface area contributed by atoms with E-state index in [0.717, 1.165) is 21.3 Å². The molecule has 1 fully saturated rings. The van der Waals surface area contributed by atoms with E-state index in [1.165, 1.54) is 0 Å². The summed E-state index contributed by atoms with van der Waals surface area (Å²) in [4.78, 5) is 38.6. The SMILES string of the molecule is Cc1cc(C)cc(N2C[C@H](C(=O)OCC(=O)Nc3ccc(Br)c(Cl)c3C)CC2=O)c1. The molecule has 30 heavy (non-hydrogen) atoms. The van der Waals surface area contributed by atoms with Crippen molar-refractivity contribution in [2.75, 3.05) is 23.4 Å². The normalized spacial score (nSPS) is 16.0. The fraction of sp³-hybridized carbons (Fsp3) is 0.318. The van der Waals surface area contributed by atoms with Crippen molar-refractivity contribution < 1.29 is 19.1 Å². The summed E-state index contributed by atoms with van der Waals surface area (Å²) in [6.07, 6.45) is 0.0644. The monoisotopic (exact) mass is 492 g/mol. The number of nitrogens with zero attached hydrogens (tertiary/aromatic N) is 1. The number of hydrogen-bond donors (Lipinski definition) is 1. The summed E-state index contributed by atoms with van der Waals surface area (Å²) in [6, 6.07) is 9.29. The van der Waals surface area contributed by atoms with Crippen LogP contribution in [0.4, 0.5) is 11.4 Å². The van der Waals surface area contributed by atoms with Crippen LogP contribution in [0, 0.1) is 26.7 Å². The first-order valence-corrected chi connectivity index (χ1v) is 10.6. The predicted octanol–water partition coefficient (Wildman–Crippen LogP) is 4.56. The van der Waals surface area contributed by atoms with Gasteiger partial charge in [-0.25, -0.2) is 0 Å². The molecule has 2 aromatic rings. The molecule has 1 saturated heterocycles. The van der Waals surface area contributed by atoms with Gasteiger partial charge in [-0.2, -0.15) is 0 Å². The smallest absolute Gasteiger partial charge is 0.311 e. The molecule has 0 aliphatic carbocycles. The third-order valence-electron chi connectivity index (χ3n) is 4.94. The van der Waals surface area contributed by atoms with Gasteiger partial charge in [0, 0.05) is 28.8 Å². The zero-order valence-electron chi connectivity index (χ0n) is 16.9. The van der Waals surface area contributed by atoms with Crippen molar-refractivity contribution in [3.05, 3.63) is 56.5 Å². The molecular formula is C22H22BrClN2O4. The molecule has 2 amide bonds. The number of halogens is 2. The quantitative estimate of drug-likeness (QED) is 0.620. The van der Waals surface area contributed by atoms with E-state index in [0.29, 0.717) is 16.3 Å². The number of carbonyl (C=O) groups is 3. The summed E-state index contributed by atoms with van der Waals surface area (Å²) in [5.74, 6) is -1.77. The Morgan fingerprint density at radius 2 is 1.87 bits per heavy atom. The number of rotatable bonds is 5. The topological polar surface area (TPSA) is 75.7 Å². The van der Waals surface area contributed by atoms with Crippen molar-refractivity contribution in [3.8, 4) is 0 Å². The molecule has 1 atom stereocenters. The standard InChI is InChI=1S/C22H22BrClN2O4/c1-12-6-13(2)8-16(7-12)26-10-15(9-20(26)28)22(29)30-11-19(27)25-18-5-4-17(23)21(24)14(18)3/h4-8,15H,9-11H2,1-3H3,(H,25,27)/t15-/m1/s1. The average Bonchev–Trinajstić information content (AvgIpc) is 3.07. The number of nitrogens with one attached hydrogen (secondary N) is 1. The van der Waals surface area contributed by atoms with Crippen molar-refractivity contribution >= 4 is 56.7 Å². The van der Waals surface area contributed by atoms with Crippen molar-refractivity contribution in [1.82, 2.24) is 0 Å². The van der Waals surface area contributed by atoms with E-state index in [1.807, 2.05) is 32.0 Å². The highest BCUT2D eigenvalue weighted by molar-refractivity contribution is 9.10. The summed E-state index contributed by atoms with van der Waals surface area (Å²) >= 11 is 9.48. The molecule has 0 saturated carbocycles. The molecule has 0 radical (unpaired) electrons. The maximum Gasteiger partial charge on any atom is 0.311 e. The van der Waals surface area contributed by atoms with Gasteiger partial charge >= 0.3 is 5.97 Å². The zero-order valence-corrected chi connectivity index (χ0v) is 19.3. The van der Waals surface area contributed by atoms with Gasteiger partial charge in [-0.1, -0.05) is 17.7 Å². The van der Waals surface area contributed by atoms with Gasteiger partial charge in [0.2, 0.25) is 5.91 Å². The fourth-order valence-corrected chi connectivity index (χ4v) is 4.04. The van der Waals surface area contributed by atoms with Crippen molar-refractivity contribution in [2.24, 2.45) is 5.92 Å². The Bertz CT molecular complexity index is 1000. The van der Waals surface area contributed by atoms with E-state index >= 15 is 0 Å². The summed E-state index contributed by atoms with van der Waals surface area (Å²) in [6.45, 7) is 5.51. The van der Waals surface area contributed by atoms with E-state index in [-0.39, 0.29) is 18.9 Å². The summed E-state index contributed by atoms with van der Waals surface area (Å²) in [5, 5.41) is 3.18. The Kier molecular flexibility index (Phi) is 6.83. The average molecular weight is 494 g/mol. The number of benzene rings is 2. The number of ether oxygens (including phenoxy) is 1. The Balaban J connectivity index is 1.57. The van der Waals surface area contributed by atoms with E-state index in [9.17, 15) is 14.4 Å². The van der Waals surface area contributed by atoms with Crippen LogP contribution in [0.3, 0.4) is 0 Å². The Hall–Kier alpha value is -2.38. The lowest BCUT2D eigenvalue weighted by atomic mass is 10.1. The molecule has 1 aliphatic rings. The van der Waals surface area contributed by atoms with Gasteiger partial charge in [0.25, 0.3) is 5.91 Å². The van der Waals surface area contributed by atoms with E-state index in [2.05, 4.69) is 21.2 Å². The Morgan fingerprint density at radius 3 is 2.53 bits per heavy atom. The van der Waals surface area contributed by atoms with Crippen LogP contribution in [0.1, 0.15) is 23.1 Å². The zero-order chi connectivity index (χ0) is 22.0. The fourth-order valence-electron chi connectivity index (χ4n) is 3.45. The number of hydrogen-bond acceptors (Lipinski definition) is 4. The first-order valence-electron chi connectivity index (χ1n) is 9.45.